The first kappa shape index (κ1) is 26.7. The molecule has 0 unspecified atom stereocenters. The molecule has 0 N–H and O–H groups in total. The molecule has 0 aliphatic heterocycles. The summed E-state index contributed by atoms with van der Waals surface area (Å²) in [6.45, 7) is 12.7. The monoisotopic (exact) mass is 532 g/mol. The molecule has 2 aromatic heterocycles. The summed E-state index contributed by atoms with van der Waals surface area (Å²) >= 11 is 6.35. The number of aryl methyl sites for hydroxylation is 1. The van der Waals surface area contributed by atoms with E-state index in [2.05, 4.69) is 9.83 Å². The van der Waals surface area contributed by atoms with Gasteiger partial charge in [0.05, 0.1) is 41.5 Å². The van der Waals surface area contributed by atoms with Crippen molar-refractivity contribution >= 4 is 17.3 Å². The van der Waals surface area contributed by atoms with E-state index in [0.29, 0.717) is 28.4 Å². The summed E-state index contributed by atoms with van der Waals surface area (Å²) in [7, 11) is 1.48. The van der Waals surface area contributed by atoms with Gasteiger partial charge in [0.1, 0.15) is 34.8 Å². The number of hydrogen-bond acceptors (Lipinski definition) is 4. The second kappa shape index (κ2) is 10.2. The van der Waals surface area contributed by atoms with Crippen LogP contribution in [0.4, 0.5) is 18.9 Å². The molecule has 0 aliphatic carbocycles. The molecular formula is C29H20ClF3N4O. The van der Waals surface area contributed by atoms with Gasteiger partial charge in [0, 0.05) is 28.7 Å². The molecule has 0 radical (unpaired) electrons. The van der Waals surface area contributed by atoms with Gasteiger partial charge in [0.25, 0.3) is 5.69 Å². The Bertz CT molecular complexity index is 1670. The summed E-state index contributed by atoms with van der Waals surface area (Å²) in [5.41, 5.74) is 0.873. The van der Waals surface area contributed by atoms with Crippen LogP contribution in [0.2, 0.25) is 5.02 Å². The van der Waals surface area contributed by atoms with Gasteiger partial charge in [-0.15, -0.1) is 0 Å². The molecule has 0 saturated carbocycles. The van der Waals surface area contributed by atoms with E-state index in [4.69, 9.17) is 27.9 Å². The number of aromatic nitrogens is 2. The number of rotatable bonds is 5. The smallest absolute Gasteiger partial charge is 0.257 e. The van der Waals surface area contributed by atoms with Crippen LogP contribution in [0.25, 0.3) is 27.4 Å². The van der Waals surface area contributed by atoms with Crippen LogP contribution in [-0.4, -0.2) is 17.1 Å². The molecule has 190 valence electrons. The summed E-state index contributed by atoms with van der Waals surface area (Å²) in [5, 5.41) is 9.25. The Balaban J connectivity index is 1.89. The van der Waals surface area contributed by atoms with Crippen molar-refractivity contribution in [3.05, 3.63) is 105 Å². The summed E-state index contributed by atoms with van der Waals surface area (Å²) in [4.78, 5) is 12.4. The molecule has 38 heavy (non-hydrogen) atoms. The first-order valence-electron chi connectivity index (χ1n) is 11.3. The Kier molecular flexibility index (Phi) is 7.13. The molecule has 0 saturated heterocycles. The van der Waals surface area contributed by atoms with Gasteiger partial charge in [-0.05, 0) is 62.7 Å². The molecule has 9 heteroatoms. The molecule has 4 aromatic rings. The van der Waals surface area contributed by atoms with E-state index in [-0.39, 0.29) is 21.8 Å². The highest BCUT2D eigenvalue weighted by molar-refractivity contribution is 6.34. The van der Waals surface area contributed by atoms with Crippen LogP contribution in [0.15, 0.2) is 48.5 Å². The molecule has 5 nitrogen and oxygen atoms in total. The maximum absolute atomic E-state index is 15.0. The fraction of sp³-hybridized carbons (Fsp3) is 0.172. The van der Waals surface area contributed by atoms with E-state index >= 15 is 0 Å². The Morgan fingerprint density at radius 2 is 1.55 bits per heavy atom. The Labute approximate surface area is 223 Å². The molecule has 0 fully saturated rings. The van der Waals surface area contributed by atoms with Gasteiger partial charge in [-0.25, -0.2) is 18.0 Å². The average Bonchev–Trinajstić information content (AvgIpc) is 2.88. The van der Waals surface area contributed by atoms with Crippen LogP contribution in [-0.2, 0) is 5.41 Å². The topological polar surface area (TPSA) is 63.2 Å². The van der Waals surface area contributed by atoms with Gasteiger partial charge >= 0.3 is 0 Å². The molecule has 0 atom stereocenters. The predicted octanol–water partition coefficient (Wildman–Crippen LogP) is 7.95. The van der Waals surface area contributed by atoms with E-state index in [9.17, 15) is 18.4 Å². The van der Waals surface area contributed by atoms with Crippen LogP contribution < -0.4 is 4.74 Å². The summed E-state index contributed by atoms with van der Waals surface area (Å²) in [6.07, 6.45) is 0. The van der Waals surface area contributed by atoms with E-state index in [1.807, 2.05) is 26.8 Å². The lowest BCUT2D eigenvalue weighted by Crippen LogP contribution is -2.23. The standard InChI is InChI=1S/C29H20ClF3N4O/c1-15-10-22(18-7-9-21(32)28(35-4)27(18)33)36-24(11-15)29(2,3)25-13-16(38-5)12-23(37-25)17-6-8-20(31)19(14-34)26(17)30/h6-13H,1-3,5H3. The molecule has 0 amide bonds. The van der Waals surface area contributed by atoms with Crippen molar-refractivity contribution < 1.29 is 17.9 Å². The third kappa shape index (κ3) is 4.67. The highest BCUT2D eigenvalue weighted by atomic mass is 35.5. The number of hydrogen-bond donors (Lipinski definition) is 0. The lowest BCUT2D eigenvalue weighted by atomic mass is 9.83. The minimum Gasteiger partial charge on any atom is -0.497 e. The minimum absolute atomic E-state index is 0.000401. The zero-order chi connectivity index (χ0) is 27.8. The average molecular weight is 533 g/mol. The van der Waals surface area contributed by atoms with E-state index in [1.165, 1.54) is 19.2 Å². The number of benzene rings is 2. The number of halogens is 4. The van der Waals surface area contributed by atoms with Crippen molar-refractivity contribution in [1.29, 1.82) is 5.26 Å². The Hall–Kier alpha value is -4.40. The fourth-order valence-electron chi connectivity index (χ4n) is 4.03. The third-order valence-electron chi connectivity index (χ3n) is 6.22. The Morgan fingerprint density at radius 3 is 2.18 bits per heavy atom. The maximum Gasteiger partial charge on any atom is 0.257 e. The van der Waals surface area contributed by atoms with Crippen molar-refractivity contribution in [2.75, 3.05) is 7.11 Å². The number of pyridine rings is 2. The number of nitriles is 1. The van der Waals surface area contributed by atoms with Crippen molar-refractivity contribution in [2.24, 2.45) is 0 Å². The molecular weight excluding hydrogens is 513 g/mol. The second-order valence-corrected chi connectivity index (χ2v) is 9.46. The quantitative estimate of drug-likeness (QED) is 0.245. The van der Waals surface area contributed by atoms with Gasteiger partial charge in [-0.2, -0.15) is 5.26 Å². The molecule has 2 heterocycles. The Morgan fingerprint density at radius 1 is 0.947 bits per heavy atom. The van der Waals surface area contributed by atoms with Gasteiger partial charge < -0.3 is 4.74 Å². The van der Waals surface area contributed by atoms with Gasteiger partial charge in [0.2, 0.25) is 0 Å². The highest BCUT2D eigenvalue weighted by Gasteiger charge is 2.30. The fourth-order valence-corrected chi connectivity index (χ4v) is 4.32. The lowest BCUT2D eigenvalue weighted by Gasteiger charge is -2.26. The number of nitrogens with zero attached hydrogens (tertiary/aromatic N) is 4. The van der Waals surface area contributed by atoms with E-state index < -0.39 is 28.6 Å². The molecule has 0 spiro atoms. The van der Waals surface area contributed by atoms with Crippen molar-refractivity contribution in [3.8, 4) is 34.3 Å². The lowest BCUT2D eigenvalue weighted by molar-refractivity contribution is 0.412. The van der Waals surface area contributed by atoms with Crippen LogP contribution in [0.5, 0.6) is 5.75 Å². The zero-order valence-electron chi connectivity index (χ0n) is 20.8. The highest BCUT2D eigenvalue weighted by Crippen LogP contribution is 2.38. The molecule has 2 aromatic carbocycles. The van der Waals surface area contributed by atoms with Crippen molar-refractivity contribution in [3.63, 3.8) is 0 Å². The predicted molar refractivity (Wildman–Crippen MR) is 139 cm³/mol. The minimum atomic E-state index is -0.983. The second-order valence-electron chi connectivity index (χ2n) is 9.08. The van der Waals surface area contributed by atoms with Gasteiger partial charge in [-0.1, -0.05) is 11.6 Å². The van der Waals surface area contributed by atoms with E-state index in [1.54, 1.807) is 24.3 Å². The third-order valence-corrected chi connectivity index (χ3v) is 6.61. The van der Waals surface area contributed by atoms with Gasteiger partial charge in [0.15, 0.2) is 0 Å². The largest absolute Gasteiger partial charge is 0.497 e. The van der Waals surface area contributed by atoms with E-state index in [0.717, 1.165) is 17.7 Å². The number of methoxy groups -OCH3 is 1. The molecule has 4 rings (SSSR count). The normalized spacial score (nSPS) is 11.1. The summed E-state index contributed by atoms with van der Waals surface area (Å²) < 4.78 is 48.5. The van der Waals surface area contributed by atoms with Crippen LogP contribution in [0.1, 0.15) is 36.4 Å². The number of ether oxygens (including phenoxy) is 1. The summed E-state index contributed by atoms with van der Waals surface area (Å²) in [6, 6.07) is 13.4. The first-order chi connectivity index (χ1) is 18.0. The first-order valence-corrected chi connectivity index (χ1v) is 11.7. The van der Waals surface area contributed by atoms with Crippen molar-refractivity contribution in [1.82, 2.24) is 9.97 Å². The van der Waals surface area contributed by atoms with Crippen LogP contribution >= 0.6 is 11.6 Å². The van der Waals surface area contributed by atoms with Crippen LogP contribution in [0, 0.1) is 42.3 Å². The van der Waals surface area contributed by atoms with Crippen LogP contribution in [0.3, 0.4) is 0 Å². The maximum atomic E-state index is 15.0. The summed E-state index contributed by atoms with van der Waals surface area (Å²) in [5.74, 6) is -2.23. The zero-order valence-corrected chi connectivity index (χ0v) is 21.6. The molecule has 0 bridgehead atoms. The van der Waals surface area contributed by atoms with Gasteiger partial charge in [-0.3, -0.25) is 9.97 Å². The SMILES string of the molecule is [C-]#[N+]c1c(F)ccc(-c2cc(C)cc(C(C)(C)c3cc(OC)cc(-c4ccc(F)c(C#N)c4Cl)n3)n2)c1F. The van der Waals surface area contributed by atoms with Crippen molar-refractivity contribution in [2.45, 2.75) is 26.2 Å². The molecule has 0 aliphatic rings.